The van der Waals surface area contributed by atoms with Gasteiger partial charge in [0.05, 0.1) is 21.3 Å². The van der Waals surface area contributed by atoms with Crippen LogP contribution in [0, 0.1) is 5.41 Å². The number of allylic oxidation sites excluding steroid dienone is 2. The molecule has 1 aromatic carbocycles. The Balaban J connectivity index is 2.32. The molecule has 0 bridgehead atoms. The lowest BCUT2D eigenvalue weighted by atomic mass is 9.85. The summed E-state index contributed by atoms with van der Waals surface area (Å²) >= 11 is 0. The second-order valence-corrected chi connectivity index (χ2v) is 9.73. The molecule has 0 unspecified atom stereocenters. The molecular formula is C29H49NO4. The molecule has 34 heavy (non-hydrogen) atoms. The SMILES string of the molecule is CCCCCCCC/C=C/CCCCCCC(C)(C)C(=O)Nc1c(OC)cc(OC)cc1OC. The van der Waals surface area contributed by atoms with Gasteiger partial charge in [-0.25, -0.2) is 0 Å². The average Bonchev–Trinajstić information content (AvgIpc) is 2.84. The van der Waals surface area contributed by atoms with Crippen molar-refractivity contribution in [1.82, 2.24) is 0 Å². The summed E-state index contributed by atoms with van der Waals surface area (Å²) in [6, 6.07) is 3.49. The fourth-order valence-corrected chi connectivity index (χ4v) is 3.99. The van der Waals surface area contributed by atoms with E-state index in [1.807, 2.05) is 13.8 Å². The quantitative estimate of drug-likeness (QED) is 0.161. The second-order valence-electron chi connectivity index (χ2n) is 9.73. The number of hydrogen-bond acceptors (Lipinski definition) is 4. The first-order chi connectivity index (χ1) is 16.4. The van der Waals surface area contributed by atoms with Crippen LogP contribution in [0.3, 0.4) is 0 Å². The van der Waals surface area contributed by atoms with Crippen molar-refractivity contribution in [3.8, 4) is 17.2 Å². The van der Waals surface area contributed by atoms with Gasteiger partial charge in [-0.15, -0.1) is 0 Å². The molecule has 1 aromatic rings. The van der Waals surface area contributed by atoms with E-state index >= 15 is 0 Å². The third-order valence-electron chi connectivity index (χ3n) is 6.38. The number of hydrogen-bond donors (Lipinski definition) is 1. The van der Waals surface area contributed by atoms with E-state index in [0.717, 1.165) is 25.7 Å². The minimum Gasteiger partial charge on any atom is -0.496 e. The van der Waals surface area contributed by atoms with E-state index in [9.17, 15) is 4.79 Å². The lowest BCUT2D eigenvalue weighted by Gasteiger charge is -2.25. The van der Waals surface area contributed by atoms with Crippen LogP contribution >= 0.6 is 0 Å². The number of methoxy groups -OCH3 is 3. The van der Waals surface area contributed by atoms with Crippen LogP contribution in [0.2, 0.25) is 0 Å². The molecule has 0 aromatic heterocycles. The van der Waals surface area contributed by atoms with E-state index < -0.39 is 5.41 Å². The standard InChI is InChI=1S/C29H49NO4/c1-7-8-9-10-11-12-13-14-15-16-17-18-19-20-21-29(2,3)28(31)30-27-25(33-5)22-24(32-4)23-26(27)34-6/h14-15,22-23H,7-13,16-21H2,1-6H3,(H,30,31)/b15-14+. The van der Waals surface area contributed by atoms with Crippen molar-refractivity contribution in [1.29, 1.82) is 0 Å². The molecular weight excluding hydrogens is 426 g/mol. The highest BCUT2D eigenvalue weighted by molar-refractivity contribution is 5.97. The van der Waals surface area contributed by atoms with Crippen LogP contribution in [0.4, 0.5) is 5.69 Å². The first kappa shape index (κ1) is 29.9. The fraction of sp³-hybridized carbons (Fsp3) is 0.690. The zero-order valence-electron chi connectivity index (χ0n) is 22.6. The predicted octanol–water partition coefficient (Wildman–Crippen LogP) is 8.32. The Hall–Kier alpha value is -2.17. The van der Waals surface area contributed by atoms with E-state index in [4.69, 9.17) is 14.2 Å². The van der Waals surface area contributed by atoms with Crippen LogP contribution in [0.15, 0.2) is 24.3 Å². The Morgan fingerprint density at radius 3 is 1.79 bits per heavy atom. The molecule has 0 spiro atoms. The zero-order chi connectivity index (χ0) is 25.2. The van der Waals surface area contributed by atoms with Crippen molar-refractivity contribution < 1.29 is 19.0 Å². The van der Waals surface area contributed by atoms with Gasteiger partial charge in [-0.2, -0.15) is 0 Å². The van der Waals surface area contributed by atoms with Crippen LogP contribution in [0.5, 0.6) is 17.2 Å². The Labute approximate surface area is 208 Å². The highest BCUT2D eigenvalue weighted by Gasteiger charge is 2.29. The van der Waals surface area contributed by atoms with Crippen molar-refractivity contribution in [2.75, 3.05) is 26.6 Å². The molecule has 0 aliphatic rings. The normalized spacial score (nSPS) is 11.6. The Morgan fingerprint density at radius 2 is 1.29 bits per heavy atom. The molecule has 1 rings (SSSR count). The summed E-state index contributed by atoms with van der Waals surface area (Å²) in [5.74, 6) is 1.62. The predicted molar refractivity (Wildman–Crippen MR) is 143 cm³/mol. The number of carbonyl (C=O) groups is 1. The molecule has 0 atom stereocenters. The van der Waals surface area contributed by atoms with Crippen molar-refractivity contribution in [2.45, 2.75) is 104 Å². The molecule has 0 saturated carbocycles. The van der Waals surface area contributed by atoms with Gasteiger partial charge in [-0.1, -0.05) is 84.3 Å². The Kier molecular flexibility index (Phi) is 15.2. The molecule has 0 saturated heterocycles. The highest BCUT2D eigenvalue weighted by atomic mass is 16.5. The van der Waals surface area contributed by atoms with E-state index in [2.05, 4.69) is 24.4 Å². The summed E-state index contributed by atoms with van der Waals surface area (Å²) in [5, 5.41) is 3.02. The highest BCUT2D eigenvalue weighted by Crippen LogP contribution is 2.40. The topological polar surface area (TPSA) is 56.8 Å². The molecule has 0 fully saturated rings. The minimum atomic E-state index is -0.479. The van der Waals surface area contributed by atoms with E-state index in [1.165, 1.54) is 57.8 Å². The Morgan fingerprint density at radius 1 is 0.794 bits per heavy atom. The summed E-state index contributed by atoms with van der Waals surface area (Å²) in [6.07, 6.45) is 20.7. The Bertz CT molecular complexity index is 702. The lowest BCUT2D eigenvalue weighted by molar-refractivity contribution is -0.124. The molecule has 5 heteroatoms. The van der Waals surface area contributed by atoms with Crippen molar-refractivity contribution in [2.24, 2.45) is 5.41 Å². The largest absolute Gasteiger partial charge is 0.496 e. The first-order valence-corrected chi connectivity index (χ1v) is 13.2. The molecule has 0 aliphatic carbocycles. The van der Waals surface area contributed by atoms with Crippen LogP contribution < -0.4 is 19.5 Å². The third kappa shape index (κ3) is 11.3. The number of unbranched alkanes of at least 4 members (excludes halogenated alkanes) is 10. The van der Waals surface area contributed by atoms with Gasteiger partial charge in [0.15, 0.2) is 0 Å². The minimum absolute atomic E-state index is 0.0353. The number of carbonyl (C=O) groups excluding carboxylic acids is 1. The fourth-order valence-electron chi connectivity index (χ4n) is 3.99. The van der Waals surface area contributed by atoms with Crippen molar-refractivity contribution in [3.05, 3.63) is 24.3 Å². The molecule has 1 amide bonds. The van der Waals surface area contributed by atoms with Gasteiger partial charge in [0, 0.05) is 17.5 Å². The monoisotopic (exact) mass is 475 g/mol. The van der Waals surface area contributed by atoms with Gasteiger partial charge in [-0.05, 0) is 32.1 Å². The maximum atomic E-state index is 13.0. The van der Waals surface area contributed by atoms with E-state index in [0.29, 0.717) is 22.9 Å². The van der Waals surface area contributed by atoms with Crippen LogP contribution in [-0.2, 0) is 4.79 Å². The second kappa shape index (κ2) is 17.3. The lowest BCUT2D eigenvalue weighted by Crippen LogP contribution is -2.31. The summed E-state index contributed by atoms with van der Waals surface area (Å²) in [6.45, 7) is 6.26. The molecule has 0 heterocycles. The van der Waals surface area contributed by atoms with Crippen LogP contribution in [-0.4, -0.2) is 27.2 Å². The van der Waals surface area contributed by atoms with Crippen LogP contribution in [0.25, 0.3) is 0 Å². The molecule has 0 aliphatic heterocycles. The maximum Gasteiger partial charge on any atom is 0.230 e. The van der Waals surface area contributed by atoms with Gasteiger partial charge in [0.25, 0.3) is 0 Å². The molecule has 194 valence electrons. The van der Waals surface area contributed by atoms with Gasteiger partial charge >= 0.3 is 0 Å². The number of anilines is 1. The number of amides is 1. The molecule has 5 nitrogen and oxygen atoms in total. The average molecular weight is 476 g/mol. The van der Waals surface area contributed by atoms with Crippen molar-refractivity contribution in [3.63, 3.8) is 0 Å². The van der Waals surface area contributed by atoms with E-state index in [-0.39, 0.29) is 5.91 Å². The summed E-state index contributed by atoms with van der Waals surface area (Å²) in [4.78, 5) is 13.0. The first-order valence-electron chi connectivity index (χ1n) is 13.2. The number of nitrogens with one attached hydrogen (secondary N) is 1. The molecule has 1 N–H and O–H groups in total. The smallest absolute Gasteiger partial charge is 0.230 e. The summed E-state index contributed by atoms with van der Waals surface area (Å²) < 4.78 is 16.2. The van der Waals surface area contributed by atoms with Crippen molar-refractivity contribution >= 4 is 11.6 Å². The zero-order valence-corrected chi connectivity index (χ0v) is 22.6. The summed E-state index contributed by atoms with van der Waals surface area (Å²) in [5.41, 5.74) is 0.0594. The van der Waals surface area contributed by atoms with Crippen LogP contribution in [0.1, 0.15) is 104 Å². The van der Waals surface area contributed by atoms with Gasteiger partial charge in [0.1, 0.15) is 22.9 Å². The van der Waals surface area contributed by atoms with E-state index in [1.54, 1.807) is 33.5 Å². The number of rotatable bonds is 19. The number of benzene rings is 1. The van der Waals surface area contributed by atoms with Gasteiger partial charge in [0.2, 0.25) is 5.91 Å². The van der Waals surface area contributed by atoms with Gasteiger partial charge < -0.3 is 19.5 Å². The third-order valence-corrected chi connectivity index (χ3v) is 6.38. The van der Waals surface area contributed by atoms with Gasteiger partial charge in [-0.3, -0.25) is 4.79 Å². The number of ether oxygens (including phenoxy) is 3. The summed E-state index contributed by atoms with van der Waals surface area (Å²) in [7, 11) is 4.72. The molecule has 0 radical (unpaired) electrons. The maximum absolute atomic E-state index is 13.0.